The van der Waals surface area contributed by atoms with Gasteiger partial charge in [-0.3, -0.25) is 19.2 Å². The fourth-order valence-electron chi connectivity index (χ4n) is 5.64. The van der Waals surface area contributed by atoms with Crippen LogP contribution in [0.4, 0.5) is 0 Å². The molecule has 0 saturated carbocycles. The van der Waals surface area contributed by atoms with Gasteiger partial charge in [-0.15, -0.1) is 0 Å². The highest BCUT2D eigenvalue weighted by molar-refractivity contribution is 5.73. The monoisotopic (exact) mass is 669 g/mol. The molecule has 0 aliphatic heterocycles. The largest absolute Gasteiger partial charge is 0.465 e. The molecule has 47 heavy (non-hydrogen) atoms. The van der Waals surface area contributed by atoms with E-state index >= 15 is 0 Å². The SMILES string of the molecule is CCCCCCCCC(=O)OCC(COC(=O)CCCCCCCC)(COC(=O)C(CC)CC(C)C)COC(=O)C(CC)CC(C)C. The summed E-state index contributed by atoms with van der Waals surface area (Å²) in [5, 5.41) is 0. The van der Waals surface area contributed by atoms with Crippen molar-refractivity contribution in [2.45, 2.75) is 171 Å². The van der Waals surface area contributed by atoms with Crippen LogP contribution in [0, 0.1) is 29.1 Å². The molecule has 0 bridgehead atoms. The van der Waals surface area contributed by atoms with Crippen molar-refractivity contribution in [3.05, 3.63) is 0 Å². The number of carbonyl (C=O) groups excluding carboxylic acids is 4. The number of unbranched alkanes of at least 4 members (excludes halogenated alkanes) is 10. The molecule has 0 aliphatic rings. The van der Waals surface area contributed by atoms with Gasteiger partial charge in [0.1, 0.15) is 31.8 Å². The Kier molecular flexibility index (Phi) is 26.5. The van der Waals surface area contributed by atoms with Crippen molar-refractivity contribution in [2.75, 3.05) is 26.4 Å². The summed E-state index contributed by atoms with van der Waals surface area (Å²) in [4.78, 5) is 52.1. The molecule has 0 aromatic rings. The molecular formula is C39H72O8. The highest BCUT2D eigenvalue weighted by Crippen LogP contribution is 2.26. The van der Waals surface area contributed by atoms with Crippen molar-refractivity contribution in [1.82, 2.24) is 0 Å². The molecular weight excluding hydrogens is 596 g/mol. The zero-order chi connectivity index (χ0) is 35.5. The molecule has 0 fully saturated rings. The number of hydrogen-bond acceptors (Lipinski definition) is 8. The first-order chi connectivity index (χ1) is 22.4. The van der Waals surface area contributed by atoms with Gasteiger partial charge in [-0.25, -0.2) is 0 Å². The summed E-state index contributed by atoms with van der Waals surface area (Å²) >= 11 is 0. The first-order valence-corrected chi connectivity index (χ1v) is 19.1. The molecule has 0 N–H and O–H groups in total. The van der Waals surface area contributed by atoms with Gasteiger partial charge in [0.05, 0.1) is 11.8 Å². The smallest absolute Gasteiger partial charge is 0.308 e. The lowest BCUT2D eigenvalue weighted by atomic mass is 9.91. The second-order valence-electron chi connectivity index (χ2n) is 14.5. The number of ether oxygens (including phenoxy) is 4. The Hall–Kier alpha value is -2.12. The highest BCUT2D eigenvalue weighted by Gasteiger charge is 2.39. The van der Waals surface area contributed by atoms with Crippen LogP contribution in [0.3, 0.4) is 0 Å². The molecule has 0 spiro atoms. The Bertz CT molecular complexity index is 769. The van der Waals surface area contributed by atoms with Crippen molar-refractivity contribution in [3.63, 3.8) is 0 Å². The van der Waals surface area contributed by atoms with Gasteiger partial charge in [0, 0.05) is 12.8 Å². The Balaban J connectivity index is 5.88. The van der Waals surface area contributed by atoms with E-state index in [1.165, 1.54) is 12.8 Å². The van der Waals surface area contributed by atoms with Gasteiger partial charge in [0.15, 0.2) is 0 Å². The van der Waals surface area contributed by atoms with Crippen LogP contribution < -0.4 is 0 Å². The topological polar surface area (TPSA) is 105 Å². The fraction of sp³-hybridized carbons (Fsp3) is 0.897. The van der Waals surface area contributed by atoms with E-state index < -0.39 is 5.41 Å². The standard InChI is InChI=1S/C39H72O8/c1-9-13-15-17-19-21-23-35(40)44-27-39(29-46-37(42)33(11-3)25-31(5)6,30-47-38(43)34(12-4)26-32(7)8)28-45-36(41)24-22-20-18-16-14-10-2/h31-34H,9-30H2,1-8H3. The Labute approximate surface area is 288 Å². The Morgan fingerprint density at radius 2 is 0.787 bits per heavy atom. The quantitative estimate of drug-likeness (QED) is 0.0423. The van der Waals surface area contributed by atoms with Gasteiger partial charge in [-0.2, -0.15) is 0 Å². The summed E-state index contributed by atoms with van der Waals surface area (Å²) in [6, 6.07) is 0. The molecule has 0 radical (unpaired) electrons. The normalized spacial score (nSPS) is 13.0. The van der Waals surface area contributed by atoms with E-state index in [0.29, 0.717) is 37.5 Å². The van der Waals surface area contributed by atoms with Gasteiger partial charge >= 0.3 is 23.9 Å². The van der Waals surface area contributed by atoms with E-state index in [1.54, 1.807) is 0 Å². The van der Waals surface area contributed by atoms with Crippen molar-refractivity contribution in [1.29, 1.82) is 0 Å². The second kappa shape index (κ2) is 27.8. The molecule has 0 rings (SSSR count). The summed E-state index contributed by atoms with van der Waals surface area (Å²) in [5.74, 6) is -1.35. The van der Waals surface area contributed by atoms with Gasteiger partial charge in [-0.05, 0) is 50.4 Å². The average Bonchev–Trinajstić information content (AvgIpc) is 3.04. The summed E-state index contributed by atoms with van der Waals surface area (Å²) < 4.78 is 23.3. The minimum absolute atomic E-state index is 0.186. The molecule has 8 heteroatoms. The highest BCUT2D eigenvalue weighted by atomic mass is 16.6. The van der Waals surface area contributed by atoms with E-state index in [-0.39, 0.29) is 75.0 Å². The number of esters is 4. The minimum atomic E-state index is -1.22. The average molecular weight is 669 g/mol. The van der Waals surface area contributed by atoms with E-state index in [1.807, 2.05) is 13.8 Å². The fourth-order valence-corrected chi connectivity index (χ4v) is 5.64. The van der Waals surface area contributed by atoms with Crippen LogP contribution in [0.25, 0.3) is 0 Å². The molecule has 0 aromatic carbocycles. The number of rotatable bonds is 30. The number of hydrogen-bond donors (Lipinski definition) is 0. The molecule has 2 unspecified atom stereocenters. The Morgan fingerprint density at radius 1 is 0.468 bits per heavy atom. The number of carbonyl (C=O) groups is 4. The van der Waals surface area contributed by atoms with E-state index in [4.69, 9.17) is 18.9 Å². The molecule has 2 atom stereocenters. The first kappa shape index (κ1) is 44.9. The molecule has 0 aromatic heterocycles. The van der Waals surface area contributed by atoms with Crippen molar-refractivity contribution in [2.24, 2.45) is 29.1 Å². The summed E-state index contributed by atoms with van der Waals surface area (Å²) in [6.45, 7) is 15.7. The van der Waals surface area contributed by atoms with Gasteiger partial charge in [0.2, 0.25) is 0 Å². The van der Waals surface area contributed by atoms with E-state index in [2.05, 4.69) is 41.5 Å². The maximum Gasteiger partial charge on any atom is 0.308 e. The van der Waals surface area contributed by atoms with Crippen LogP contribution >= 0.6 is 0 Å². The van der Waals surface area contributed by atoms with Crippen LogP contribution in [-0.4, -0.2) is 50.3 Å². The Morgan fingerprint density at radius 3 is 1.11 bits per heavy atom. The molecule has 0 saturated heterocycles. The lowest BCUT2D eigenvalue weighted by Crippen LogP contribution is -2.44. The van der Waals surface area contributed by atoms with Crippen LogP contribution in [0.2, 0.25) is 0 Å². The maximum atomic E-state index is 13.2. The van der Waals surface area contributed by atoms with Crippen molar-refractivity contribution >= 4 is 23.9 Å². The summed E-state index contributed by atoms with van der Waals surface area (Å²) in [5.41, 5.74) is -1.22. The summed E-state index contributed by atoms with van der Waals surface area (Å²) in [7, 11) is 0. The van der Waals surface area contributed by atoms with Gasteiger partial charge < -0.3 is 18.9 Å². The lowest BCUT2D eigenvalue weighted by molar-refractivity contribution is -0.174. The predicted octanol–water partition coefficient (Wildman–Crippen LogP) is 9.79. The maximum absolute atomic E-state index is 13.2. The molecule has 0 amide bonds. The molecule has 0 heterocycles. The summed E-state index contributed by atoms with van der Waals surface area (Å²) in [6.07, 6.45) is 15.7. The van der Waals surface area contributed by atoms with Crippen LogP contribution in [0.5, 0.6) is 0 Å². The molecule has 0 aliphatic carbocycles. The third kappa shape index (κ3) is 23.0. The van der Waals surface area contributed by atoms with E-state index in [9.17, 15) is 19.2 Å². The third-order valence-corrected chi connectivity index (χ3v) is 8.75. The molecule has 8 nitrogen and oxygen atoms in total. The first-order valence-electron chi connectivity index (χ1n) is 19.1. The van der Waals surface area contributed by atoms with Crippen LogP contribution in [0.15, 0.2) is 0 Å². The van der Waals surface area contributed by atoms with Gasteiger partial charge in [-0.1, -0.05) is 120 Å². The zero-order valence-electron chi connectivity index (χ0n) is 31.6. The van der Waals surface area contributed by atoms with Gasteiger partial charge in [0.25, 0.3) is 0 Å². The van der Waals surface area contributed by atoms with Crippen molar-refractivity contribution in [3.8, 4) is 0 Å². The predicted molar refractivity (Wildman–Crippen MR) is 189 cm³/mol. The molecule has 276 valence electrons. The lowest BCUT2D eigenvalue weighted by Gasteiger charge is -2.33. The van der Waals surface area contributed by atoms with Crippen LogP contribution in [-0.2, 0) is 38.1 Å². The second-order valence-corrected chi connectivity index (χ2v) is 14.5. The third-order valence-electron chi connectivity index (χ3n) is 8.75. The van der Waals surface area contributed by atoms with E-state index in [0.717, 1.165) is 64.2 Å². The minimum Gasteiger partial charge on any atom is -0.465 e. The zero-order valence-corrected chi connectivity index (χ0v) is 31.6. The van der Waals surface area contributed by atoms with Crippen LogP contribution in [0.1, 0.15) is 171 Å². The van der Waals surface area contributed by atoms with Crippen molar-refractivity contribution < 1.29 is 38.1 Å².